The lowest BCUT2D eigenvalue weighted by molar-refractivity contribution is -0.138. The summed E-state index contributed by atoms with van der Waals surface area (Å²) in [5, 5.41) is 0. The summed E-state index contributed by atoms with van der Waals surface area (Å²) in [6.45, 7) is 0. The number of hydrogen-bond acceptors (Lipinski definition) is 1. The van der Waals surface area contributed by atoms with E-state index in [2.05, 4.69) is 15.9 Å². The van der Waals surface area contributed by atoms with Crippen LogP contribution in [0.2, 0.25) is 0 Å². The van der Waals surface area contributed by atoms with Crippen LogP contribution in [0.3, 0.4) is 0 Å². The third-order valence-electron chi connectivity index (χ3n) is 3.31. The summed E-state index contributed by atoms with van der Waals surface area (Å²) in [7, 11) is 0. The van der Waals surface area contributed by atoms with Crippen LogP contribution in [0, 0.1) is 5.92 Å². The van der Waals surface area contributed by atoms with Crippen molar-refractivity contribution in [3.05, 3.63) is 33.8 Å². The Morgan fingerprint density at radius 3 is 2.56 bits per heavy atom. The van der Waals surface area contributed by atoms with E-state index >= 15 is 0 Å². The maximum atomic E-state index is 12.7. The third kappa shape index (κ3) is 3.48. The second-order valence-electron chi connectivity index (χ2n) is 4.86. The van der Waals surface area contributed by atoms with E-state index < -0.39 is 11.7 Å². The van der Waals surface area contributed by atoms with E-state index in [-0.39, 0.29) is 10.5 Å². The smallest absolute Gasteiger partial charge is 0.324 e. The molecule has 18 heavy (non-hydrogen) atoms. The van der Waals surface area contributed by atoms with Crippen molar-refractivity contribution in [1.82, 2.24) is 0 Å². The molecule has 2 rings (SSSR count). The molecule has 100 valence electrons. The van der Waals surface area contributed by atoms with Crippen LogP contribution in [0.4, 0.5) is 13.2 Å². The molecule has 0 radical (unpaired) electrons. The van der Waals surface area contributed by atoms with Gasteiger partial charge in [0.05, 0.1) is 5.56 Å². The predicted octanol–water partition coefficient (Wildman–Crippen LogP) is 4.66. The molecule has 1 nitrogen and oxygen atoms in total. The zero-order valence-electron chi connectivity index (χ0n) is 9.80. The van der Waals surface area contributed by atoms with Crippen molar-refractivity contribution < 1.29 is 13.2 Å². The van der Waals surface area contributed by atoms with E-state index in [0.717, 1.165) is 24.8 Å². The van der Waals surface area contributed by atoms with Gasteiger partial charge in [-0.3, -0.25) is 0 Å². The molecule has 0 saturated heterocycles. The monoisotopic (exact) mass is 321 g/mol. The second kappa shape index (κ2) is 5.21. The molecule has 0 bridgehead atoms. The SMILES string of the molecule is NC(CCC1CC1)c1ccc(Br)c(C(F)(F)F)c1. The number of rotatable bonds is 4. The van der Waals surface area contributed by atoms with Crippen LogP contribution in [0.1, 0.15) is 42.9 Å². The average Bonchev–Trinajstić information content (AvgIpc) is 3.08. The van der Waals surface area contributed by atoms with Gasteiger partial charge in [-0.25, -0.2) is 0 Å². The Kier molecular flexibility index (Phi) is 4.02. The first-order valence-electron chi connectivity index (χ1n) is 6.00. The lowest BCUT2D eigenvalue weighted by Crippen LogP contribution is -2.13. The highest BCUT2D eigenvalue weighted by Gasteiger charge is 2.33. The first kappa shape index (κ1) is 13.9. The Hall–Kier alpha value is -0.550. The van der Waals surface area contributed by atoms with Gasteiger partial charge in [0.15, 0.2) is 0 Å². The van der Waals surface area contributed by atoms with Gasteiger partial charge in [0.25, 0.3) is 0 Å². The first-order valence-corrected chi connectivity index (χ1v) is 6.79. The minimum atomic E-state index is -4.34. The van der Waals surface area contributed by atoms with Crippen molar-refractivity contribution in [1.29, 1.82) is 0 Å². The lowest BCUT2D eigenvalue weighted by atomic mass is 9.99. The largest absolute Gasteiger partial charge is 0.417 e. The van der Waals surface area contributed by atoms with Crippen molar-refractivity contribution in [3.8, 4) is 0 Å². The highest BCUT2D eigenvalue weighted by atomic mass is 79.9. The first-order chi connectivity index (χ1) is 8.38. The van der Waals surface area contributed by atoms with E-state index in [1.807, 2.05) is 0 Å². The van der Waals surface area contributed by atoms with Crippen LogP contribution < -0.4 is 5.73 Å². The van der Waals surface area contributed by atoms with Crippen molar-refractivity contribution >= 4 is 15.9 Å². The molecule has 1 aromatic rings. The fraction of sp³-hybridized carbons (Fsp3) is 0.538. The molecule has 0 aliphatic heterocycles. The fourth-order valence-corrected chi connectivity index (χ4v) is 2.45. The highest BCUT2D eigenvalue weighted by Crippen LogP contribution is 2.38. The van der Waals surface area contributed by atoms with Crippen molar-refractivity contribution in [3.63, 3.8) is 0 Å². The van der Waals surface area contributed by atoms with Gasteiger partial charge in [0.1, 0.15) is 0 Å². The van der Waals surface area contributed by atoms with Crippen LogP contribution in [-0.4, -0.2) is 0 Å². The molecule has 1 aromatic carbocycles. The molecule has 1 aliphatic carbocycles. The molecule has 0 heterocycles. The number of alkyl halides is 3. The highest BCUT2D eigenvalue weighted by molar-refractivity contribution is 9.10. The summed E-state index contributed by atoms with van der Waals surface area (Å²) in [5.74, 6) is 0.744. The van der Waals surface area contributed by atoms with Gasteiger partial charge in [-0.05, 0) is 36.5 Å². The molecule has 1 unspecified atom stereocenters. The molecule has 0 aromatic heterocycles. The summed E-state index contributed by atoms with van der Waals surface area (Å²) in [6, 6.07) is 3.94. The minimum Gasteiger partial charge on any atom is -0.324 e. The normalized spacial score (nSPS) is 17.8. The van der Waals surface area contributed by atoms with Gasteiger partial charge in [0.2, 0.25) is 0 Å². The van der Waals surface area contributed by atoms with Crippen molar-refractivity contribution in [2.45, 2.75) is 37.9 Å². The third-order valence-corrected chi connectivity index (χ3v) is 4.00. The van der Waals surface area contributed by atoms with Crippen molar-refractivity contribution in [2.24, 2.45) is 11.7 Å². The fourth-order valence-electron chi connectivity index (χ4n) is 1.98. The molecule has 1 fully saturated rings. The molecular weight excluding hydrogens is 307 g/mol. The standard InChI is InChI=1S/C13H15BrF3N/c14-11-5-4-9(7-10(11)13(15,16)17)12(18)6-3-8-1-2-8/h4-5,7-8,12H,1-3,6,18H2. The Morgan fingerprint density at radius 2 is 2.00 bits per heavy atom. The summed E-state index contributed by atoms with van der Waals surface area (Å²) >= 11 is 2.93. The molecule has 0 spiro atoms. The summed E-state index contributed by atoms with van der Waals surface area (Å²) in [4.78, 5) is 0. The zero-order valence-corrected chi connectivity index (χ0v) is 11.4. The topological polar surface area (TPSA) is 26.0 Å². The quantitative estimate of drug-likeness (QED) is 0.857. The lowest BCUT2D eigenvalue weighted by Gasteiger charge is -2.15. The maximum Gasteiger partial charge on any atom is 0.417 e. The van der Waals surface area contributed by atoms with Gasteiger partial charge < -0.3 is 5.73 Å². The van der Waals surface area contributed by atoms with Crippen LogP contribution in [0.15, 0.2) is 22.7 Å². The van der Waals surface area contributed by atoms with Gasteiger partial charge in [-0.2, -0.15) is 13.2 Å². The van der Waals surface area contributed by atoms with Gasteiger partial charge in [0, 0.05) is 10.5 Å². The zero-order chi connectivity index (χ0) is 13.3. The Balaban J connectivity index is 2.12. The second-order valence-corrected chi connectivity index (χ2v) is 5.72. The molecule has 0 amide bonds. The van der Waals surface area contributed by atoms with Crippen LogP contribution >= 0.6 is 15.9 Å². The van der Waals surface area contributed by atoms with Crippen LogP contribution in [-0.2, 0) is 6.18 Å². The molecule has 1 aliphatic rings. The number of nitrogens with two attached hydrogens (primary N) is 1. The summed E-state index contributed by atoms with van der Waals surface area (Å²) in [6.07, 6.45) is -0.102. The Morgan fingerprint density at radius 1 is 1.33 bits per heavy atom. The van der Waals surface area contributed by atoms with E-state index in [0.29, 0.717) is 5.56 Å². The summed E-state index contributed by atoms with van der Waals surface area (Å²) < 4.78 is 38.3. The van der Waals surface area contributed by atoms with Gasteiger partial charge in [-0.15, -0.1) is 0 Å². The minimum absolute atomic E-state index is 0.0631. The van der Waals surface area contributed by atoms with Crippen molar-refractivity contribution in [2.75, 3.05) is 0 Å². The van der Waals surface area contributed by atoms with E-state index in [1.54, 1.807) is 6.07 Å². The maximum absolute atomic E-state index is 12.7. The predicted molar refractivity (Wildman–Crippen MR) is 68.0 cm³/mol. The van der Waals surface area contributed by atoms with E-state index in [1.165, 1.54) is 18.9 Å². The number of hydrogen-bond donors (Lipinski definition) is 1. The molecule has 2 N–H and O–H groups in total. The molecule has 1 saturated carbocycles. The molecule has 5 heteroatoms. The Bertz CT molecular complexity index is 427. The summed E-state index contributed by atoms with van der Waals surface area (Å²) in [5.41, 5.74) is 5.86. The van der Waals surface area contributed by atoms with E-state index in [4.69, 9.17) is 5.73 Å². The number of halogens is 4. The molecular formula is C13H15BrF3N. The number of benzene rings is 1. The van der Waals surface area contributed by atoms with Crippen LogP contribution in [0.25, 0.3) is 0 Å². The molecule has 1 atom stereocenters. The van der Waals surface area contributed by atoms with Gasteiger partial charge in [-0.1, -0.05) is 34.8 Å². The average molecular weight is 322 g/mol. The van der Waals surface area contributed by atoms with E-state index in [9.17, 15) is 13.2 Å². The Labute approximate surface area is 113 Å². The van der Waals surface area contributed by atoms with Crippen LogP contribution in [0.5, 0.6) is 0 Å². The van der Waals surface area contributed by atoms with Gasteiger partial charge >= 0.3 is 6.18 Å².